The van der Waals surface area contributed by atoms with Gasteiger partial charge in [-0.25, -0.2) is 4.39 Å². The Labute approximate surface area is 320 Å². The van der Waals surface area contributed by atoms with E-state index < -0.39 is 6.04 Å². The molecule has 11 heteroatoms. The Hall–Kier alpha value is -5.42. The number of rotatable bonds is 7. The predicted octanol–water partition coefficient (Wildman–Crippen LogP) is 5.64. The highest BCUT2D eigenvalue weighted by atomic mass is 19.1. The van der Waals surface area contributed by atoms with Crippen molar-refractivity contribution in [3.8, 4) is 11.5 Å². The summed E-state index contributed by atoms with van der Waals surface area (Å²) in [6.07, 6.45) is 2.91. The van der Waals surface area contributed by atoms with Crippen molar-refractivity contribution in [2.45, 2.75) is 50.1 Å². The molecule has 2 unspecified atom stereocenters. The van der Waals surface area contributed by atoms with Crippen LogP contribution in [-0.4, -0.2) is 91.1 Å². The predicted molar refractivity (Wildman–Crippen MR) is 207 cm³/mol. The highest BCUT2D eigenvalue weighted by Crippen LogP contribution is 2.47. The van der Waals surface area contributed by atoms with E-state index in [1.165, 1.54) is 23.4 Å². The second-order valence-electron chi connectivity index (χ2n) is 15.7. The number of halogens is 1. The van der Waals surface area contributed by atoms with Crippen molar-refractivity contribution in [1.29, 1.82) is 0 Å². The number of phenols is 1. The molecule has 284 valence electrons. The van der Waals surface area contributed by atoms with Gasteiger partial charge in [-0.1, -0.05) is 30.3 Å². The Balaban J connectivity index is 0.783. The standard InChI is InChI=1S/C44H46FN5O5/c45-32-5-1-29(2-6-32)38-27-55-40-24-35(51)10-12-37(40)42(38)30-3-7-33(8-4-30)48-17-15-28(16-18-48)25-47-19-21-49(22-20-47)34-9-11-36-31(23-34)26-50(44(36)54)39-13-14-41(52)46-43(39)53/h1-12,23-24,28,38-39,42,51H,13-22,25-27H2,(H,46,52,53)/t38?,39?,42-/m1/s1. The zero-order chi connectivity index (χ0) is 37.6. The van der Waals surface area contributed by atoms with Gasteiger partial charge in [0.25, 0.3) is 5.91 Å². The summed E-state index contributed by atoms with van der Waals surface area (Å²) in [5.74, 6) is 0.494. The summed E-state index contributed by atoms with van der Waals surface area (Å²) < 4.78 is 19.9. The number of piperazine rings is 1. The quantitative estimate of drug-likeness (QED) is 0.235. The van der Waals surface area contributed by atoms with Crippen molar-refractivity contribution in [2.75, 3.05) is 62.2 Å². The lowest BCUT2D eigenvalue weighted by Crippen LogP contribution is -2.52. The first kappa shape index (κ1) is 35.3. The van der Waals surface area contributed by atoms with Crippen LogP contribution >= 0.6 is 0 Å². The molecular weight excluding hydrogens is 698 g/mol. The highest BCUT2D eigenvalue weighted by molar-refractivity contribution is 6.05. The molecule has 0 aliphatic carbocycles. The molecular formula is C44H46FN5O5. The summed E-state index contributed by atoms with van der Waals surface area (Å²) in [6.45, 7) is 7.82. The largest absolute Gasteiger partial charge is 0.508 e. The van der Waals surface area contributed by atoms with Gasteiger partial charge in [0.15, 0.2) is 0 Å². The number of piperidine rings is 2. The zero-order valence-corrected chi connectivity index (χ0v) is 30.8. The van der Waals surface area contributed by atoms with Gasteiger partial charge in [-0.15, -0.1) is 0 Å². The summed E-state index contributed by atoms with van der Waals surface area (Å²) in [5.41, 5.74) is 7.15. The number of carbonyl (C=O) groups excluding carboxylic acids is 3. The number of hydrogen-bond acceptors (Lipinski definition) is 8. The van der Waals surface area contributed by atoms with Crippen LogP contribution in [0.15, 0.2) is 84.9 Å². The maximum absolute atomic E-state index is 13.8. The third-order valence-corrected chi connectivity index (χ3v) is 12.4. The van der Waals surface area contributed by atoms with Crippen LogP contribution in [0.25, 0.3) is 0 Å². The van der Waals surface area contributed by atoms with Crippen LogP contribution in [0.2, 0.25) is 0 Å². The number of ether oxygens (including phenoxy) is 1. The first-order valence-electron chi connectivity index (χ1n) is 19.6. The third kappa shape index (κ3) is 7.01. The molecule has 4 aromatic rings. The normalized spacial score (nSPS) is 23.3. The van der Waals surface area contributed by atoms with Gasteiger partial charge in [-0.05, 0) is 90.4 Å². The average molecular weight is 744 g/mol. The van der Waals surface area contributed by atoms with E-state index in [0.29, 0.717) is 36.8 Å². The van der Waals surface area contributed by atoms with Crippen LogP contribution in [0, 0.1) is 11.7 Å². The molecule has 2 N–H and O–H groups in total. The van der Waals surface area contributed by atoms with Gasteiger partial charge in [0.05, 0.1) is 6.61 Å². The van der Waals surface area contributed by atoms with E-state index in [-0.39, 0.29) is 47.5 Å². The molecule has 0 aromatic heterocycles. The van der Waals surface area contributed by atoms with Crippen LogP contribution in [0.5, 0.6) is 11.5 Å². The summed E-state index contributed by atoms with van der Waals surface area (Å²) in [7, 11) is 0. The Morgan fingerprint density at radius 1 is 0.764 bits per heavy atom. The SMILES string of the molecule is O=C1CCC(N2Cc3cc(N4CCN(CC5CCN(c6ccc([C@@H]7c8ccc(O)cc8OCC7c7ccc(F)cc7)cc6)CC5)CC4)ccc3C2=O)C(=O)N1. The van der Waals surface area contributed by atoms with Gasteiger partial charge in [0.2, 0.25) is 11.8 Å². The van der Waals surface area contributed by atoms with Gasteiger partial charge in [0.1, 0.15) is 23.4 Å². The molecule has 0 saturated carbocycles. The smallest absolute Gasteiger partial charge is 0.255 e. The van der Waals surface area contributed by atoms with E-state index in [1.54, 1.807) is 17.0 Å². The minimum absolute atomic E-state index is 0.0114. The molecule has 3 atom stereocenters. The molecule has 0 bridgehead atoms. The summed E-state index contributed by atoms with van der Waals surface area (Å²) in [4.78, 5) is 46.3. The number of aromatic hydroxyl groups is 1. The number of nitrogens with one attached hydrogen (secondary N) is 1. The average Bonchev–Trinajstić information content (AvgIpc) is 3.53. The fourth-order valence-corrected chi connectivity index (χ4v) is 9.39. The van der Waals surface area contributed by atoms with Crippen LogP contribution < -0.4 is 19.9 Å². The number of amides is 3. The van der Waals surface area contributed by atoms with E-state index in [4.69, 9.17) is 4.74 Å². The van der Waals surface area contributed by atoms with Gasteiger partial charge < -0.3 is 24.5 Å². The van der Waals surface area contributed by atoms with Gasteiger partial charge >= 0.3 is 0 Å². The lowest BCUT2D eigenvalue weighted by Gasteiger charge is -2.40. The number of nitrogens with zero attached hydrogens (tertiary/aromatic N) is 4. The molecule has 9 rings (SSSR count). The number of benzene rings is 4. The maximum atomic E-state index is 13.8. The van der Waals surface area contributed by atoms with Crippen molar-refractivity contribution >= 4 is 29.1 Å². The van der Waals surface area contributed by atoms with Crippen LogP contribution in [0.4, 0.5) is 15.8 Å². The fourth-order valence-electron chi connectivity index (χ4n) is 9.39. The third-order valence-electron chi connectivity index (χ3n) is 12.4. The maximum Gasteiger partial charge on any atom is 0.255 e. The molecule has 10 nitrogen and oxygen atoms in total. The van der Waals surface area contributed by atoms with E-state index in [9.17, 15) is 23.9 Å². The molecule has 3 saturated heterocycles. The summed E-state index contributed by atoms with van der Waals surface area (Å²) in [5, 5.41) is 12.5. The van der Waals surface area contributed by atoms with Gasteiger partial charge in [-0.2, -0.15) is 0 Å². The zero-order valence-electron chi connectivity index (χ0n) is 30.8. The molecule has 5 aliphatic rings. The van der Waals surface area contributed by atoms with Gasteiger partial charge in [-0.3, -0.25) is 24.6 Å². The number of phenolic OH excluding ortho intramolecular Hbond substituents is 1. The first-order valence-corrected chi connectivity index (χ1v) is 19.6. The number of fused-ring (bicyclic) bond motifs is 2. The Morgan fingerprint density at radius 2 is 1.47 bits per heavy atom. The topological polar surface area (TPSA) is 106 Å². The van der Waals surface area contributed by atoms with Crippen molar-refractivity contribution in [2.24, 2.45) is 5.92 Å². The van der Waals surface area contributed by atoms with Crippen LogP contribution in [0.1, 0.15) is 70.1 Å². The van der Waals surface area contributed by atoms with Crippen molar-refractivity contribution in [1.82, 2.24) is 15.1 Å². The van der Waals surface area contributed by atoms with Crippen LogP contribution in [0.3, 0.4) is 0 Å². The first-order chi connectivity index (χ1) is 26.8. The van der Waals surface area contributed by atoms with E-state index in [1.807, 2.05) is 30.3 Å². The molecule has 0 spiro atoms. The molecule has 3 fully saturated rings. The van der Waals surface area contributed by atoms with Crippen LogP contribution in [-0.2, 0) is 16.1 Å². The van der Waals surface area contributed by atoms with E-state index in [2.05, 4.69) is 50.3 Å². The minimum Gasteiger partial charge on any atom is -0.508 e. The fraction of sp³-hybridized carbons (Fsp3) is 0.386. The molecule has 0 radical (unpaired) electrons. The Morgan fingerprint density at radius 3 is 2.22 bits per heavy atom. The molecule has 5 heterocycles. The molecule has 55 heavy (non-hydrogen) atoms. The molecule has 5 aliphatic heterocycles. The monoisotopic (exact) mass is 743 g/mol. The lowest BCUT2D eigenvalue weighted by molar-refractivity contribution is -0.136. The van der Waals surface area contributed by atoms with Crippen molar-refractivity contribution < 1.29 is 28.6 Å². The van der Waals surface area contributed by atoms with Crippen molar-refractivity contribution in [3.63, 3.8) is 0 Å². The Kier molecular flexibility index (Phi) is 9.41. The minimum atomic E-state index is -0.598. The second-order valence-corrected chi connectivity index (χ2v) is 15.7. The number of anilines is 2. The van der Waals surface area contributed by atoms with E-state index in [0.717, 1.165) is 81.0 Å². The highest BCUT2D eigenvalue weighted by Gasteiger charge is 2.39. The summed E-state index contributed by atoms with van der Waals surface area (Å²) >= 11 is 0. The van der Waals surface area contributed by atoms with E-state index >= 15 is 0 Å². The lowest BCUT2D eigenvalue weighted by atomic mass is 9.76. The van der Waals surface area contributed by atoms with Gasteiger partial charge in [0, 0.05) is 99.2 Å². The Bertz CT molecular complexity index is 2090. The molecule has 4 aromatic carbocycles. The number of imide groups is 1. The number of carbonyl (C=O) groups is 3. The summed E-state index contributed by atoms with van der Waals surface area (Å²) in [6, 6.07) is 26.4. The van der Waals surface area contributed by atoms with Crippen molar-refractivity contribution in [3.05, 3.63) is 119 Å². The second kappa shape index (κ2) is 14.7. The number of hydrogen-bond donors (Lipinski definition) is 2. The molecule has 3 amide bonds.